The number of nitrogens with zero attached hydrogens (tertiary/aromatic N) is 3. The zero-order chi connectivity index (χ0) is 35.1. The molecule has 4 heteroatoms. The Kier molecular flexibility index (Phi) is 7.43. The number of furan rings is 1. The Morgan fingerprint density at radius 1 is 0.321 bits per heavy atom. The summed E-state index contributed by atoms with van der Waals surface area (Å²) in [5, 5.41) is 4.49. The van der Waals surface area contributed by atoms with Gasteiger partial charge in [0.2, 0.25) is 0 Å². The van der Waals surface area contributed by atoms with Crippen LogP contribution in [-0.2, 0) is 0 Å². The molecule has 0 saturated carbocycles. The molecule has 10 aromatic rings. The van der Waals surface area contributed by atoms with Gasteiger partial charge >= 0.3 is 0 Å². The molecule has 0 aliphatic heterocycles. The van der Waals surface area contributed by atoms with Gasteiger partial charge in [-0.3, -0.25) is 0 Å². The minimum atomic E-state index is 0.595. The molecule has 0 radical (unpaired) electrons. The molecular weight excluding hydrogens is 647 g/mol. The smallest absolute Gasteiger partial charge is 0.164 e. The second kappa shape index (κ2) is 12.9. The van der Waals surface area contributed by atoms with Gasteiger partial charge in [0.05, 0.1) is 0 Å². The fourth-order valence-electron chi connectivity index (χ4n) is 7.28. The highest BCUT2D eigenvalue weighted by Gasteiger charge is 2.19. The first kappa shape index (κ1) is 30.6. The standard InChI is InChI=1S/C49H31N3O/c1-3-13-35(14-4-1)41-20-10-21-42-45-43(22-11-23-44(45)53-46(41)42)49-51-47(36-15-5-2-6-16-36)50-48(52-49)40-19-9-18-38(31-40)33-24-26-34(27-25-33)39-29-28-32-12-7-8-17-37(32)30-39/h1-31H. The number of para-hydroxylation sites is 1. The summed E-state index contributed by atoms with van der Waals surface area (Å²) in [7, 11) is 0. The molecule has 0 spiro atoms. The van der Waals surface area contributed by atoms with Crippen molar-refractivity contribution in [3.05, 3.63) is 188 Å². The van der Waals surface area contributed by atoms with Crippen molar-refractivity contribution in [2.24, 2.45) is 0 Å². The van der Waals surface area contributed by atoms with Crippen LogP contribution in [0.3, 0.4) is 0 Å². The van der Waals surface area contributed by atoms with E-state index >= 15 is 0 Å². The van der Waals surface area contributed by atoms with Gasteiger partial charge in [-0.2, -0.15) is 0 Å². The van der Waals surface area contributed by atoms with Gasteiger partial charge in [0.15, 0.2) is 17.5 Å². The maximum Gasteiger partial charge on any atom is 0.164 e. The molecule has 2 aromatic heterocycles. The van der Waals surface area contributed by atoms with Crippen LogP contribution in [0.4, 0.5) is 0 Å². The lowest BCUT2D eigenvalue weighted by molar-refractivity contribution is 0.670. The second-order valence-electron chi connectivity index (χ2n) is 13.2. The van der Waals surface area contributed by atoms with Gasteiger partial charge < -0.3 is 4.42 Å². The fourth-order valence-corrected chi connectivity index (χ4v) is 7.28. The van der Waals surface area contributed by atoms with E-state index in [4.69, 9.17) is 19.4 Å². The van der Waals surface area contributed by atoms with E-state index in [9.17, 15) is 0 Å². The van der Waals surface area contributed by atoms with Crippen LogP contribution in [0, 0.1) is 0 Å². The minimum Gasteiger partial charge on any atom is -0.455 e. The number of aromatic nitrogens is 3. The molecule has 0 aliphatic carbocycles. The Hall–Kier alpha value is -7.17. The molecule has 4 nitrogen and oxygen atoms in total. The number of fused-ring (bicyclic) bond motifs is 4. The van der Waals surface area contributed by atoms with E-state index in [-0.39, 0.29) is 0 Å². The van der Waals surface area contributed by atoms with Crippen molar-refractivity contribution in [3.8, 4) is 67.5 Å². The molecule has 248 valence electrons. The summed E-state index contributed by atoms with van der Waals surface area (Å²) in [6.07, 6.45) is 0. The summed E-state index contributed by atoms with van der Waals surface area (Å²) in [5.41, 5.74) is 11.1. The summed E-state index contributed by atoms with van der Waals surface area (Å²) in [4.78, 5) is 15.3. The average molecular weight is 678 g/mol. The highest BCUT2D eigenvalue weighted by atomic mass is 16.3. The molecule has 0 unspecified atom stereocenters. The summed E-state index contributed by atoms with van der Waals surface area (Å²) >= 11 is 0. The molecule has 0 atom stereocenters. The van der Waals surface area contributed by atoms with Gasteiger partial charge in [0.25, 0.3) is 0 Å². The molecule has 0 saturated heterocycles. The van der Waals surface area contributed by atoms with Crippen molar-refractivity contribution in [1.82, 2.24) is 15.0 Å². The Labute approximate surface area is 306 Å². The molecule has 53 heavy (non-hydrogen) atoms. The Balaban J connectivity index is 1.08. The maximum absolute atomic E-state index is 6.58. The topological polar surface area (TPSA) is 51.8 Å². The SMILES string of the molecule is c1ccc(-c2nc(-c3cccc(-c4ccc(-c5ccc6ccccc6c5)cc4)c3)nc(-c3cccc4oc5c(-c6ccccc6)cccc5c34)n2)cc1. The molecular formula is C49H31N3O. The van der Waals surface area contributed by atoms with Crippen LogP contribution in [0.1, 0.15) is 0 Å². The normalized spacial score (nSPS) is 11.4. The van der Waals surface area contributed by atoms with E-state index in [1.54, 1.807) is 0 Å². The first-order valence-corrected chi connectivity index (χ1v) is 17.8. The van der Waals surface area contributed by atoms with E-state index in [1.807, 2.05) is 48.5 Å². The summed E-state index contributed by atoms with van der Waals surface area (Å²) in [5.74, 6) is 1.82. The Morgan fingerprint density at radius 3 is 1.64 bits per heavy atom. The molecule has 8 aromatic carbocycles. The van der Waals surface area contributed by atoms with Gasteiger partial charge in [0.1, 0.15) is 11.2 Å². The lowest BCUT2D eigenvalue weighted by atomic mass is 9.97. The van der Waals surface area contributed by atoms with Crippen LogP contribution in [0.5, 0.6) is 0 Å². The van der Waals surface area contributed by atoms with E-state index in [0.29, 0.717) is 17.5 Å². The first-order chi connectivity index (χ1) is 26.2. The monoisotopic (exact) mass is 677 g/mol. The summed E-state index contributed by atoms with van der Waals surface area (Å²) < 4.78 is 6.58. The van der Waals surface area contributed by atoms with Gasteiger partial charge in [-0.25, -0.2) is 15.0 Å². The summed E-state index contributed by atoms with van der Waals surface area (Å²) in [6, 6.07) is 65.2. The number of rotatable bonds is 6. The highest BCUT2D eigenvalue weighted by molar-refractivity contribution is 6.15. The van der Waals surface area contributed by atoms with Crippen molar-refractivity contribution in [1.29, 1.82) is 0 Å². The van der Waals surface area contributed by atoms with Crippen LogP contribution in [-0.4, -0.2) is 15.0 Å². The average Bonchev–Trinajstić information content (AvgIpc) is 3.63. The lowest BCUT2D eigenvalue weighted by Crippen LogP contribution is -2.00. The fraction of sp³-hybridized carbons (Fsp3) is 0. The quantitative estimate of drug-likeness (QED) is 0.176. The zero-order valence-electron chi connectivity index (χ0n) is 28.6. The van der Waals surface area contributed by atoms with Gasteiger partial charge in [-0.05, 0) is 56.8 Å². The Morgan fingerprint density at radius 2 is 0.868 bits per heavy atom. The molecule has 0 bridgehead atoms. The number of benzene rings is 8. The molecule has 0 amide bonds. The van der Waals surface area contributed by atoms with Crippen LogP contribution in [0.25, 0.3) is 100 Å². The third kappa shape index (κ3) is 5.63. The van der Waals surface area contributed by atoms with E-state index in [2.05, 4.69) is 140 Å². The van der Waals surface area contributed by atoms with Crippen molar-refractivity contribution >= 4 is 32.7 Å². The first-order valence-electron chi connectivity index (χ1n) is 17.8. The van der Waals surface area contributed by atoms with Crippen LogP contribution in [0.2, 0.25) is 0 Å². The zero-order valence-corrected chi connectivity index (χ0v) is 28.6. The highest BCUT2D eigenvalue weighted by Crippen LogP contribution is 2.40. The van der Waals surface area contributed by atoms with Crippen molar-refractivity contribution in [3.63, 3.8) is 0 Å². The van der Waals surface area contributed by atoms with Gasteiger partial charge in [0, 0.05) is 33.0 Å². The third-order valence-corrected chi connectivity index (χ3v) is 9.94. The van der Waals surface area contributed by atoms with Crippen LogP contribution in [0.15, 0.2) is 192 Å². The molecule has 10 rings (SSSR count). The predicted octanol–water partition coefficient (Wildman–Crippen LogP) is 12.9. The van der Waals surface area contributed by atoms with E-state index < -0.39 is 0 Å². The van der Waals surface area contributed by atoms with Crippen molar-refractivity contribution in [2.45, 2.75) is 0 Å². The molecule has 0 N–H and O–H groups in total. The number of hydrogen-bond donors (Lipinski definition) is 0. The second-order valence-corrected chi connectivity index (χ2v) is 13.2. The van der Waals surface area contributed by atoms with Crippen LogP contribution >= 0.6 is 0 Å². The predicted molar refractivity (Wildman–Crippen MR) is 217 cm³/mol. The van der Waals surface area contributed by atoms with Crippen molar-refractivity contribution in [2.75, 3.05) is 0 Å². The van der Waals surface area contributed by atoms with E-state index in [0.717, 1.165) is 60.9 Å². The molecule has 0 aliphatic rings. The van der Waals surface area contributed by atoms with Gasteiger partial charge in [-0.1, -0.05) is 170 Å². The van der Waals surface area contributed by atoms with Crippen LogP contribution < -0.4 is 0 Å². The number of hydrogen-bond acceptors (Lipinski definition) is 4. The summed E-state index contributed by atoms with van der Waals surface area (Å²) in [6.45, 7) is 0. The molecule has 0 fully saturated rings. The lowest BCUT2D eigenvalue weighted by Gasteiger charge is -2.11. The Bertz CT molecular complexity index is 2930. The van der Waals surface area contributed by atoms with E-state index in [1.165, 1.54) is 21.9 Å². The van der Waals surface area contributed by atoms with Crippen molar-refractivity contribution < 1.29 is 4.42 Å². The third-order valence-electron chi connectivity index (χ3n) is 9.94. The largest absolute Gasteiger partial charge is 0.455 e. The molecule has 2 heterocycles. The van der Waals surface area contributed by atoms with Gasteiger partial charge in [-0.15, -0.1) is 0 Å². The minimum absolute atomic E-state index is 0.595. The maximum atomic E-state index is 6.58.